The molecule has 20 heavy (non-hydrogen) atoms. The average Bonchev–Trinajstić information content (AvgIpc) is 2.88. The van der Waals surface area contributed by atoms with Crippen LogP contribution in [0.5, 0.6) is 0 Å². The molecule has 1 N–H and O–H groups in total. The number of pyridine rings is 1. The van der Waals surface area contributed by atoms with Gasteiger partial charge in [-0.15, -0.1) is 11.3 Å². The first kappa shape index (κ1) is 15.1. The molecule has 0 aromatic carbocycles. The Bertz CT molecular complexity index is 495. The van der Waals surface area contributed by atoms with Gasteiger partial charge < -0.3 is 5.32 Å². The van der Waals surface area contributed by atoms with Crippen LogP contribution in [0.15, 0.2) is 29.8 Å². The molecule has 0 saturated carbocycles. The summed E-state index contributed by atoms with van der Waals surface area (Å²) in [6, 6.07) is 6.61. The van der Waals surface area contributed by atoms with E-state index in [9.17, 15) is 0 Å². The monoisotopic (exact) mass is 289 g/mol. The average molecular weight is 289 g/mol. The molecule has 2 rings (SSSR count). The van der Waals surface area contributed by atoms with Crippen LogP contribution in [0, 0.1) is 6.92 Å². The lowest BCUT2D eigenvalue weighted by atomic mass is 10.1. The lowest BCUT2D eigenvalue weighted by Gasteiger charge is -2.17. The molecule has 4 heteroatoms. The van der Waals surface area contributed by atoms with E-state index in [1.54, 1.807) is 11.3 Å². The van der Waals surface area contributed by atoms with Crippen molar-refractivity contribution in [3.8, 4) is 0 Å². The Balaban J connectivity index is 1.89. The van der Waals surface area contributed by atoms with Crippen molar-refractivity contribution < 1.29 is 0 Å². The van der Waals surface area contributed by atoms with E-state index in [1.807, 2.05) is 12.3 Å². The summed E-state index contributed by atoms with van der Waals surface area (Å²) in [5.74, 6) is 0. The zero-order chi connectivity index (χ0) is 14.2. The molecule has 3 nitrogen and oxygen atoms in total. The molecule has 0 radical (unpaired) electrons. The van der Waals surface area contributed by atoms with Crippen molar-refractivity contribution in [2.24, 2.45) is 0 Å². The molecule has 0 amide bonds. The second kappa shape index (κ2) is 8.12. The normalized spacial score (nSPS) is 12.5. The summed E-state index contributed by atoms with van der Waals surface area (Å²) in [5, 5.41) is 7.00. The number of nitrogens with zero attached hydrogens (tertiary/aromatic N) is 2. The molecule has 2 aromatic rings. The van der Waals surface area contributed by atoms with Crippen LogP contribution in [0.4, 0.5) is 0 Å². The fourth-order valence-corrected chi connectivity index (χ4v) is 3.05. The van der Waals surface area contributed by atoms with Crippen LogP contribution in [-0.2, 0) is 12.8 Å². The molecule has 0 aliphatic rings. The fourth-order valence-electron chi connectivity index (χ4n) is 2.20. The Kier molecular flexibility index (Phi) is 6.15. The maximum atomic E-state index is 4.58. The second-order valence-electron chi connectivity index (χ2n) is 5.10. The van der Waals surface area contributed by atoms with E-state index in [1.165, 1.54) is 10.7 Å². The van der Waals surface area contributed by atoms with Gasteiger partial charge in [-0.1, -0.05) is 13.0 Å². The quantitative estimate of drug-likeness (QED) is 0.809. The van der Waals surface area contributed by atoms with Gasteiger partial charge in [-0.2, -0.15) is 0 Å². The summed E-state index contributed by atoms with van der Waals surface area (Å²) in [7, 11) is 0. The van der Waals surface area contributed by atoms with Crippen LogP contribution in [0.3, 0.4) is 0 Å². The van der Waals surface area contributed by atoms with Crippen LogP contribution in [0.2, 0.25) is 0 Å². The molecule has 2 aromatic heterocycles. The number of hydrogen-bond acceptors (Lipinski definition) is 4. The molecule has 0 aliphatic heterocycles. The number of aromatic nitrogens is 2. The molecule has 1 atom stereocenters. The predicted octanol–water partition coefficient (Wildman–Crippen LogP) is 3.39. The summed E-state index contributed by atoms with van der Waals surface area (Å²) in [6.45, 7) is 5.33. The molecule has 0 bridgehead atoms. The highest BCUT2D eigenvalue weighted by atomic mass is 32.1. The molecule has 0 fully saturated rings. The third-order valence-corrected chi connectivity index (χ3v) is 4.23. The van der Waals surface area contributed by atoms with Crippen LogP contribution < -0.4 is 5.32 Å². The molecule has 2 heterocycles. The lowest BCUT2D eigenvalue weighted by molar-refractivity contribution is 0.475. The predicted molar refractivity (Wildman–Crippen MR) is 85.2 cm³/mol. The van der Waals surface area contributed by atoms with Crippen LogP contribution in [0.1, 0.15) is 36.2 Å². The van der Waals surface area contributed by atoms with Crippen molar-refractivity contribution in [3.05, 3.63) is 46.2 Å². The summed E-state index contributed by atoms with van der Waals surface area (Å²) in [5.41, 5.74) is 2.30. The van der Waals surface area contributed by atoms with E-state index in [0.717, 1.165) is 37.9 Å². The largest absolute Gasteiger partial charge is 0.314 e. The first-order chi connectivity index (χ1) is 9.78. The maximum Gasteiger partial charge on any atom is 0.0943 e. The van der Waals surface area contributed by atoms with E-state index < -0.39 is 0 Å². The molecule has 1 unspecified atom stereocenters. The highest BCUT2D eigenvalue weighted by molar-refractivity contribution is 7.09. The van der Waals surface area contributed by atoms with Crippen molar-refractivity contribution in [1.29, 1.82) is 0 Å². The van der Waals surface area contributed by atoms with E-state index in [-0.39, 0.29) is 0 Å². The van der Waals surface area contributed by atoms with Gasteiger partial charge in [0.05, 0.1) is 5.01 Å². The second-order valence-corrected chi connectivity index (χ2v) is 6.04. The zero-order valence-electron chi connectivity index (χ0n) is 12.3. The van der Waals surface area contributed by atoms with Gasteiger partial charge in [-0.3, -0.25) is 4.98 Å². The minimum Gasteiger partial charge on any atom is -0.314 e. The first-order valence-corrected chi connectivity index (χ1v) is 8.20. The molecule has 0 aliphatic carbocycles. The summed E-state index contributed by atoms with van der Waals surface area (Å²) in [4.78, 5) is 8.98. The number of nitrogens with one attached hydrogen (secondary N) is 1. The standard InChI is InChI=1S/C16H23N3S/c1-3-9-17-15(11-16-19-13(2)12-20-16)8-7-14-6-4-5-10-18-14/h4-6,10,12,15,17H,3,7-9,11H2,1-2H3. The minimum atomic E-state index is 0.488. The molecular formula is C16H23N3S. The van der Waals surface area contributed by atoms with Gasteiger partial charge in [0.1, 0.15) is 0 Å². The van der Waals surface area contributed by atoms with Crippen molar-refractivity contribution in [2.75, 3.05) is 6.54 Å². The lowest BCUT2D eigenvalue weighted by Crippen LogP contribution is -2.32. The van der Waals surface area contributed by atoms with E-state index in [2.05, 4.69) is 46.6 Å². The van der Waals surface area contributed by atoms with Gasteiger partial charge in [0.25, 0.3) is 0 Å². The Hall–Kier alpha value is -1.26. The van der Waals surface area contributed by atoms with Gasteiger partial charge in [0.2, 0.25) is 0 Å². The van der Waals surface area contributed by atoms with Crippen LogP contribution in [-0.4, -0.2) is 22.6 Å². The number of thiazole rings is 1. The highest BCUT2D eigenvalue weighted by Crippen LogP contribution is 2.13. The zero-order valence-corrected chi connectivity index (χ0v) is 13.1. The molecular weight excluding hydrogens is 266 g/mol. The van der Waals surface area contributed by atoms with E-state index in [0.29, 0.717) is 6.04 Å². The van der Waals surface area contributed by atoms with Gasteiger partial charge in [0, 0.05) is 35.4 Å². The van der Waals surface area contributed by atoms with Gasteiger partial charge in [-0.25, -0.2) is 4.98 Å². The van der Waals surface area contributed by atoms with E-state index in [4.69, 9.17) is 0 Å². The first-order valence-electron chi connectivity index (χ1n) is 7.32. The number of hydrogen-bond donors (Lipinski definition) is 1. The van der Waals surface area contributed by atoms with Crippen molar-refractivity contribution >= 4 is 11.3 Å². The number of rotatable bonds is 8. The van der Waals surface area contributed by atoms with Crippen molar-refractivity contribution in [1.82, 2.24) is 15.3 Å². The molecule has 0 saturated heterocycles. The number of aryl methyl sites for hydroxylation is 2. The SMILES string of the molecule is CCCNC(CCc1ccccn1)Cc1nc(C)cs1. The Morgan fingerprint density at radius 2 is 2.25 bits per heavy atom. The van der Waals surface area contributed by atoms with Gasteiger partial charge >= 0.3 is 0 Å². The Labute approximate surface area is 125 Å². The van der Waals surface area contributed by atoms with Crippen LogP contribution >= 0.6 is 11.3 Å². The topological polar surface area (TPSA) is 37.8 Å². The third kappa shape index (κ3) is 5.02. The van der Waals surface area contributed by atoms with Gasteiger partial charge in [0.15, 0.2) is 0 Å². The summed E-state index contributed by atoms with van der Waals surface area (Å²) < 4.78 is 0. The van der Waals surface area contributed by atoms with Crippen molar-refractivity contribution in [3.63, 3.8) is 0 Å². The maximum absolute atomic E-state index is 4.58. The van der Waals surface area contributed by atoms with Crippen LogP contribution in [0.25, 0.3) is 0 Å². The van der Waals surface area contributed by atoms with E-state index >= 15 is 0 Å². The van der Waals surface area contributed by atoms with Gasteiger partial charge in [-0.05, 0) is 44.9 Å². The summed E-state index contributed by atoms with van der Waals surface area (Å²) in [6.07, 6.45) is 6.18. The highest BCUT2D eigenvalue weighted by Gasteiger charge is 2.11. The molecule has 0 spiro atoms. The Morgan fingerprint density at radius 1 is 1.35 bits per heavy atom. The smallest absolute Gasteiger partial charge is 0.0943 e. The summed E-state index contributed by atoms with van der Waals surface area (Å²) >= 11 is 1.77. The Morgan fingerprint density at radius 3 is 2.90 bits per heavy atom. The van der Waals surface area contributed by atoms with Crippen molar-refractivity contribution in [2.45, 2.75) is 45.6 Å². The minimum absolute atomic E-state index is 0.488. The third-order valence-electron chi connectivity index (χ3n) is 3.25. The fraction of sp³-hybridized carbons (Fsp3) is 0.500. The molecule has 108 valence electrons.